The molecule has 0 saturated carbocycles. The van der Waals surface area contributed by atoms with E-state index in [0.29, 0.717) is 0 Å². The smallest absolute Gasteiger partial charge is 0.0619 e. The predicted molar refractivity (Wildman–Crippen MR) is 211 cm³/mol. The van der Waals surface area contributed by atoms with Crippen LogP contribution >= 0.6 is 0 Å². The molecule has 0 bridgehead atoms. The number of hydrogen-bond acceptors (Lipinski definition) is 0. The van der Waals surface area contributed by atoms with Gasteiger partial charge in [0, 0.05) is 21.5 Å². The number of para-hydroxylation sites is 2. The number of aromatic nitrogens is 1. The molecular formula is C48H31N. The molecule has 0 saturated heterocycles. The minimum atomic E-state index is 1.16. The third kappa shape index (κ3) is 4.19. The summed E-state index contributed by atoms with van der Waals surface area (Å²) in [6, 6.07) is 69.0. The maximum atomic E-state index is 2.54. The van der Waals surface area contributed by atoms with Gasteiger partial charge in [-0.3, -0.25) is 0 Å². The van der Waals surface area contributed by atoms with Gasteiger partial charge < -0.3 is 4.57 Å². The van der Waals surface area contributed by atoms with Crippen molar-refractivity contribution in [2.24, 2.45) is 0 Å². The molecule has 1 aromatic heterocycles. The molecule has 228 valence electrons. The van der Waals surface area contributed by atoms with Crippen molar-refractivity contribution in [3.05, 3.63) is 188 Å². The molecule has 10 rings (SSSR count). The van der Waals surface area contributed by atoms with Gasteiger partial charge in [0.25, 0.3) is 0 Å². The van der Waals surface area contributed by atoms with Gasteiger partial charge in [-0.2, -0.15) is 0 Å². The highest BCUT2D eigenvalue weighted by Crippen LogP contribution is 2.45. The second kappa shape index (κ2) is 11.1. The molecule has 0 atom stereocenters. The molecular weight excluding hydrogens is 591 g/mol. The van der Waals surface area contributed by atoms with Crippen molar-refractivity contribution in [2.45, 2.75) is 0 Å². The molecule has 0 aliphatic carbocycles. The second-order valence-electron chi connectivity index (χ2n) is 12.8. The molecule has 0 radical (unpaired) electrons. The zero-order valence-electron chi connectivity index (χ0n) is 26.8. The molecule has 1 heteroatoms. The fourth-order valence-electron chi connectivity index (χ4n) is 8.15. The Morgan fingerprint density at radius 3 is 1.10 bits per heavy atom. The molecule has 1 nitrogen and oxygen atoms in total. The van der Waals surface area contributed by atoms with E-state index in [1.165, 1.54) is 81.4 Å². The van der Waals surface area contributed by atoms with Gasteiger partial charge in [0.05, 0.1) is 16.7 Å². The van der Waals surface area contributed by atoms with Gasteiger partial charge in [0.2, 0.25) is 0 Å². The van der Waals surface area contributed by atoms with Crippen molar-refractivity contribution in [3.8, 4) is 16.8 Å². The van der Waals surface area contributed by atoms with Crippen LogP contribution in [-0.4, -0.2) is 4.57 Å². The van der Waals surface area contributed by atoms with E-state index < -0.39 is 0 Å². The van der Waals surface area contributed by atoms with Crippen LogP contribution in [0.1, 0.15) is 0 Å². The summed E-state index contributed by atoms with van der Waals surface area (Å²) in [5, 5.41) is 14.8. The lowest BCUT2D eigenvalue weighted by Crippen LogP contribution is -2.01. The Morgan fingerprint density at radius 1 is 0.245 bits per heavy atom. The van der Waals surface area contributed by atoms with Crippen LogP contribution in [0.3, 0.4) is 0 Å². The first kappa shape index (κ1) is 27.7. The Hall–Kier alpha value is -6.44. The maximum Gasteiger partial charge on any atom is 0.0619 e. The predicted octanol–water partition coefficient (Wildman–Crippen LogP) is 13.3. The molecule has 0 amide bonds. The Morgan fingerprint density at radius 2 is 0.592 bits per heavy atom. The van der Waals surface area contributed by atoms with E-state index in [2.05, 4.69) is 193 Å². The number of rotatable bonds is 2. The van der Waals surface area contributed by atoms with Crippen molar-refractivity contribution < 1.29 is 0 Å². The molecule has 10 aromatic rings. The normalized spacial score (nSPS) is 11.7. The van der Waals surface area contributed by atoms with Crippen LogP contribution in [0.25, 0.3) is 92.5 Å². The van der Waals surface area contributed by atoms with Crippen LogP contribution in [0, 0.1) is 0 Å². The third-order valence-electron chi connectivity index (χ3n) is 10.2. The SMILES string of the molecule is c1ccc2c(-c3c4ccccc4c(-n4c5ccccc5c5ccccc5c5ccccc5c5ccccc54)c4ccccc34)cccc2c1. The minimum absolute atomic E-state index is 1.16. The van der Waals surface area contributed by atoms with E-state index in [0.717, 1.165) is 11.0 Å². The van der Waals surface area contributed by atoms with Crippen molar-refractivity contribution in [1.29, 1.82) is 0 Å². The molecule has 0 aliphatic rings. The van der Waals surface area contributed by atoms with Crippen LogP contribution < -0.4 is 0 Å². The number of fused-ring (bicyclic) bond motifs is 10. The molecule has 0 N–H and O–H groups in total. The molecule has 9 aromatic carbocycles. The highest BCUT2D eigenvalue weighted by Gasteiger charge is 2.20. The van der Waals surface area contributed by atoms with Crippen LogP contribution in [0.4, 0.5) is 0 Å². The lowest BCUT2D eigenvalue weighted by atomic mass is 9.88. The van der Waals surface area contributed by atoms with Crippen molar-refractivity contribution in [3.63, 3.8) is 0 Å². The molecule has 0 fully saturated rings. The Balaban J connectivity index is 1.52. The quantitative estimate of drug-likeness (QED) is 0.169. The average molecular weight is 622 g/mol. The summed E-state index contributed by atoms with van der Waals surface area (Å²) in [6.07, 6.45) is 0. The van der Waals surface area contributed by atoms with E-state index >= 15 is 0 Å². The molecule has 49 heavy (non-hydrogen) atoms. The summed E-state index contributed by atoms with van der Waals surface area (Å²) in [7, 11) is 0. The van der Waals surface area contributed by atoms with Crippen LogP contribution in [0.2, 0.25) is 0 Å². The van der Waals surface area contributed by atoms with Crippen molar-refractivity contribution >= 4 is 75.7 Å². The zero-order chi connectivity index (χ0) is 32.3. The third-order valence-corrected chi connectivity index (χ3v) is 10.2. The van der Waals surface area contributed by atoms with Gasteiger partial charge in [-0.25, -0.2) is 0 Å². The first-order valence-electron chi connectivity index (χ1n) is 17.0. The fourth-order valence-corrected chi connectivity index (χ4v) is 8.15. The number of hydrogen-bond donors (Lipinski definition) is 0. The van der Waals surface area contributed by atoms with E-state index in [1.54, 1.807) is 0 Å². The summed E-state index contributed by atoms with van der Waals surface area (Å²) in [5.41, 5.74) is 6.03. The maximum absolute atomic E-state index is 2.54. The van der Waals surface area contributed by atoms with Crippen LogP contribution in [0.15, 0.2) is 188 Å². The molecule has 0 aliphatic heterocycles. The van der Waals surface area contributed by atoms with Gasteiger partial charge in [-0.15, -0.1) is 0 Å². The van der Waals surface area contributed by atoms with E-state index in [1.807, 2.05) is 0 Å². The summed E-state index contributed by atoms with van der Waals surface area (Å²) < 4.78 is 2.54. The standard InChI is InChI=1S/C48H31N/c1-2-18-33-32(16-1)17-15-29-40(33)47-41-25-7-9-27-43(41)48(44-28-10-8-26-42(44)47)49-45-30-13-11-23-38(45)36-21-5-3-19-34(36)35-20-4-6-22-37(35)39-24-12-14-31-46(39)49/h1-31H. The van der Waals surface area contributed by atoms with Crippen molar-refractivity contribution in [1.82, 2.24) is 4.57 Å². The van der Waals surface area contributed by atoms with E-state index in [-0.39, 0.29) is 0 Å². The summed E-state index contributed by atoms with van der Waals surface area (Å²) >= 11 is 0. The lowest BCUT2D eigenvalue weighted by Gasteiger charge is -2.22. The summed E-state index contributed by atoms with van der Waals surface area (Å²) in [5.74, 6) is 0. The zero-order valence-corrected chi connectivity index (χ0v) is 26.8. The van der Waals surface area contributed by atoms with Gasteiger partial charge in [-0.1, -0.05) is 176 Å². The Labute approximate surface area is 284 Å². The minimum Gasteiger partial charge on any atom is -0.308 e. The number of benzene rings is 9. The van der Waals surface area contributed by atoms with E-state index in [9.17, 15) is 0 Å². The van der Waals surface area contributed by atoms with E-state index in [4.69, 9.17) is 0 Å². The van der Waals surface area contributed by atoms with Crippen LogP contribution in [-0.2, 0) is 0 Å². The van der Waals surface area contributed by atoms with Crippen molar-refractivity contribution in [2.75, 3.05) is 0 Å². The van der Waals surface area contributed by atoms with Gasteiger partial charge in [0.15, 0.2) is 0 Å². The van der Waals surface area contributed by atoms with Gasteiger partial charge in [0.1, 0.15) is 0 Å². The topological polar surface area (TPSA) is 4.93 Å². The summed E-state index contributed by atoms with van der Waals surface area (Å²) in [6.45, 7) is 0. The highest BCUT2D eigenvalue weighted by molar-refractivity contribution is 6.24. The highest BCUT2D eigenvalue weighted by atomic mass is 15.0. The monoisotopic (exact) mass is 621 g/mol. The van der Waals surface area contributed by atoms with Gasteiger partial charge >= 0.3 is 0 Å². The fraction of sp³-hybridized carbons (Fsp3) is 0. The first-order chi connectivity index (χ1) is 24.4. The first-order valence-corrected chi connectivity index (χ1v) is 17.0. The molecule has 0 unspecified atom stereocenters. The van der Waals surface area contributed by atoms with Gasteiger partial charge in [-0.05, 0) is 66.3 Å². The second-order valence-corrected chi connectivity index (χ2v) is 12.8. The largest absolute Gasteiger partial charge is 0.308 e. The summed E-state index contributed by atoms with van der Waals surface area (Å²) in [4.78, 5) is 0. The Bertz CT molecular complexity index is 2830. The average Bonchev–Trinajstić information content (AvgIpc) is 3.22. The Kier molecular flexibility index (Phi) is 6.25. The number of nitrogens with zero attached hydrogens (tertiary/aromatic N) is 1. The molecule has 1 heterocycles. The van der Waals surface area contributed by atoms with Crippen LogP contribution in [0.5, 0.6) is 0 Å². The molecule has 0 spiro atoms. The lowest BCUT2D eigenvalue weighted by molar-refractivity contribution is 1.20.